The Morgan fingerprint density at radius 3 is 2.55 bits per heavy atom. The van der Waals surface area contributed by atoms with Crippen LogP contribution in [0.3, 0.4) is 0 Å². The van der Waals surface area contributed by atoms with Crippen molar-refractivity contribution in [1.82, 2.24) is 20.6 Å². The number of halogens is 2. The summed E-state index contributed by atoms with van der Waals surface area (Å²) in [5.41, 5.74) is 8.49. The van der Waals surface area contributed by atoms with Crippen LogP contribution in [0, 0.1) is 25.5 Å². The van der Waals surface area contributed by atoms with Gasteiger partial charge in [0.15, 0.2) is 11.6 Å². The van der Waals surface area contributed by atoms with E-state index in [2.05, 4.69) is 20.6 Å². The minimum absolute atomic E-state index is 0.0203. The number of anilines is 1. The van der Waals surface area contributed by atoms with Gasteiger partial charge in [0, 0.05) is 24.9 Å². The van der Waals surface area contributed by atoms with Crippen molar-refractivity contribution in [1.29, 1.82) is 0 Å². The van der Waals surface area contributed by atoms with Gasteiger partial charge in [0.1, 0.15) is 17.6 Å². The van der Waals surface area contributed by atoms with Crippen molar-refractivity contribution in [2.45, 2.75) is 32.9 Å². The molecule has 0 spiro atoms. The number of aromatic nitrogens is 2. The number of aromatic amines is 1. The van der Waals surface area contributed by atoms with Crippen molar-refractivity contribution in [3.63, 3.8) is 0 Å². The van der Waals surface area contributed by atoms with E-state index in [0.29, 0.717) is 28.3 Å². The highest BCUT2D eigenvalue weighted by Crippen LogP contribution is 2.13. The molecule has 2 amide bonds. The summed E-state index contributed by atoms with van der Waals surface area (Å²) >= 11 is 0. The SMILES string of the molecule is Cc1cc[nH]c1C(=O)N[C@@H](Cc1ccc(F)c(F)c1)C(=O)NCc1ccc(N)nc1C. The highest BCUT2D eigenvalue weighted by Gasteiger charge is 2.23. The number of H-pyrrole nitrogens is 1. The number of hydrogen-bond acceptors (Lipinski definition) is 4. The molecule has 162 valence electrons. The fraction of sp³-hybridized carbons (Fsp3) is 0.227. The van der Waals surface area contributed by atoms with Gasteiger partial charge in [0.25, 0.3) is 5.91 Å². The molecule has 3 aromatic rings. The number of hydrogen-bond donors (Lipinski definition) is 4. The molecule has 1 aromatic carbocycles. The summed E-state index contributed by atoms with van der Waals surface area (Å²) in [6, 6.07) is 7.47. The standard InChI is InChI=1S/C22H23F2N5O2/c1-12-7-8-26-20(12)22(31)29-18(10-14-3-5-16(23)17(24)9-14)21(30)27-11-15-4-6-19(25)28-13(15)2/h3-9,18,26H,10-11H2,1-2H3,(H2,25,28)(H,27,30)(H,29,31)/t18-/m0/s1. The molecule has 0 bridgehead atoms. The monoisotopic (exact) mass is 427 g/mol. The normalized spacial score (nSPS) is 11.7. The Hall–Kier alpha value is -3.75. The molecule has 0 saturated heterocycles. The fourth-order valence-electron chi connectivity index (χ4n) is 3.14. The van der Waals surface area contributed by atoms with Gasteiger partial charge in [0.2, 0.25) is 5.91 Å². The maximum absolute atomic E-state index is 13.6. The minimum Gasteiger partial charge on any atom is -0.384 e. The van der Waals surface area contributed by atoms with Gasteiger partial charge in [-0.05, 0) is 54.8 Å². The lowest BCUT2D eigenvalue weighted by Gasteiger charge is -2.19. The number of nitrogen functional groups attached to an aromatic ring is 1. The maximum Gasteiger partial charge on any atom is 0.268 e. The second kappa shape index (κ2) is 9.38. The lowest BCUT2D eigenvalue weighted by atomic mass is 10.0. The molecule has 2 aromatic heterocycles. The third kappa shape index (κ3) is 5.44. The number of nitrogens with two attached hydrogens (primary N) is 1. The zero-order valence-corrected chi connectivity index (χ0v) is 17.1. The number of aryl methyl sites for hydroxylation is 2. The van der Waals surface area contributed by atoms with Crippen molar-refractivity contribution in [3.8, 4) is 0 Å². The molecular formula is C22H23F2N5O2. The third-order valence-corrected chi connectivity index (χ3v) is 4.90. The predicted molar refractivity (Wildman–Crippen MR) is 112 cm³/mol. The summed E-state index contributed by atoms with van der Waals surface area (Å²) in [6.07, 6.45) is 1.60. The highest BCUT2D eigenvalue weighted by atomic mass is 19.2. The van der Waals surface area contributed by atoms with E-state index < -0.39 is 29.5 Å². The van der Waals surface area contributed by atoms with Crippen LogP contribution in [0.15, 0.2) is 42.6 Å². The van der Waals surface area contributed by atoms with Crippen LogP contribution >= 0.6 is 0 Å². The lowest BCUT2D eigenvalue weighted by Crippen LogP contribution is -2.48. The molecule has 1 atom stereocenters. The summed E-state index contributed by atoms with van der Waals surface area (Å²) < 4.78 is 26.9. The fourth-order valence-corrected chi connectivity index (χ4v) is 3.14. The van der Waals surface area contributed by atoms with Crippen molar-refractivity contribution in [3.05, 3.63) is 82.3 Å². The molecule has 5 N–H and O–H groups in total. The van der Waals surface area contributed by atoms with Crippen LogP contribution in [0.1, 0.15) is 32.9 Å². The summed E-state index contributed by atoms with van der Waals surface area (Å²) in [7, 11) is 0. The number of carbonyl (C=O) groups excluding carboxylic acids is 2. The number of carbonyl (C=O) groups is 2. The van der Waals surface area contributed by atoms with Crippen LogP contribution in [0.2, 0.25) is 0 Å². The van der Waals surface area contributed by atoms with E-state index in [4.69, 9.17) is 5.73 Å². The largest absolute Gasteiger partial charge is 0.384 e. The second-order valence-electron chi connectivity index (χ2n) is 7.21. The van der Waals surface area contributed by atoms with Gasteiger partial charge in [0.05, 0.1) is 0 Å². The Kier molecular flexibility index (Phi) is 6.64. The van der Waals surface area contributed by atoms with Crippen molar-refractivity contribution in [2.75, 3.05) is 5.73 Å². The first-order chi connectivity index (χ1) is 14.7. The molecule has 7 nitrogen and oxygen atoms in total. The molecule has 31 heavy (non-hydrogen) atoms. The van der Waals surface area contributed by atoms with Crippen molar-refractivity contribution >= 4 is 17.6 Å². The Balaban J connectivity index is 1.77. The van der Waals surface area contributed by atoms with Crippen LogP contribution in [0.5, 0.6) is 0 Å². The second-order valence-corrected chi connectivity index (χ2v) is 7.21. The van der Waals surface area contributed by atoms with Gasteiger partial charge in [-0.3, -0.25) is 9.59 Å². The molecule has 0 saturated carbocycles. The number of benzene rings is 1. The first-order valence-electron chi connectivity index (χ1n) is 9.63. The first-order valence-corrected chi connectivity index (χ1v) is 9.63. The molecule has 0 aliphatic carbocycles. The van der Waals surface area contributed by atoms with E-state index in [1.54, 1.807) is 38.2 Å². The maximum atomic E-state index is 13.6. The van der Waals surface area contributed by atoms with Crippen LogP contribution < -0.4 is 16.4 Å². The summed E-state index contributed by atoms with van der Waals surface area (Å²) in [5.74, 6) is -2.58. The molecule has 0 fully saturated rings. The molecule has 0 unspecified atom stereocenters. The van der Waals surface area contributed by atoms with Gasteiger partial charge in [-0.15, -0.1) is 0 Å². The summed E-state index contributed by atoms with van der Waals surface area (Å²) in [4.78, 5) is 32.5. The number of rotatable bonds is 7. The van der Waals surface area contributed by atoms with E-state index in [9.17, 15) is 18.4 Å². The molecule has 3 rings (SSSR count). The summed E-state index contributed by atoms with van der Waals surface area (Å²) in [5, 5.41) is 5.43. The first kappa shape index (κ1) is 21.9. The van der Waals surface area contributed by atoms with Gasteiger partial charge in [-0.1, -0.05) is 12.1 Å². The van der Waals surface area contributed by atoms with Crippen LogP contribution in [-0.4, -0.2) is 27.8 Å². The molecule has 0 radical (unpaired) electrons. The average Bonchev–Trinajstić information content (AvgIpc) is 3.15. The minimum atomic E-state index is -1.02. The van der Waals surface area contributed by atoms with Crippen molar-refractivity contribution in [2.24, 2.45) is 0 Å². The van der Waals surface area contributed by atoms with Gasteiger partial charge >= 0.3 is 0 Å². The van der Waals surface area contributed by atoms with Crippen molar-refractivity contribution < 1.29 is 18.4 Å². The Morgan fingerprint density at radius 2 is 1.90 bits per heavy atom. The van der Waals surface area contributed by atoms with E-state index in [-0.39, 0.29) is 13.0 Å². The Labute approximate surface area is 178 Å². The van der Waals surface area contributed by atoms with E-state index in [1.165, 1.54) is 6.07 Å². The molecule has 9 heteroatoms. The topological polar surface area (TPSA) is 113 Å². The highest BCUT2D eigenvalue weighted by molar-refractivity contribution is 5.97. The number of pyridine rings is 1. The van der Waals surface area contributed by atoms with E-state index in [1.807, 2.05) is 0 Å². The van der Waals surface area contributed by atoms with E-state index in [0.717, 1.165) is 17.7 Å². The number of nitrogens with one attached hydrogen (secondary N) is 3. The molecule has 2 heterocycles. The zero-order valence-electron chi connectivity index (χ0n) is 17.1. The predicted octanol–water partition coefficient (Wildman–Crippen LogP) is 2.54. The van der Waals surface area contributed by atoms with Crippen LogP contribution in [-0.2, 0) is 17.8 Å². The Morgan fingerprint density at radius 1 is 1.13 bits per heavy atom. The Bertz CT molecular complexity index is 1110. The summed E-state index contributed by atoms with van der Waals surface area (Å²) in [6.45, 7) is 3.70. The number of amides is 2. The molecule has 0 aliphatic rings. The molecule has 0 aliphatic heterocycles. The van der Waals surface area contributed by atoms with Gasteiger partial charge in [-0.25, -0.2) is 13.8 Å². The van der Waals surface area contributed by atoms with E-state index >= 15 is 0 Å². The third-order valence-electron chi connectivity index (χ3n) is 4.90. The van der Waals surface area contributed by atoms with Gasteiger partial charge in [-0.2, -0.15) is 0 Å². The van der Waals surface area contributed by atoms with Gasteiger partial charge < -0.3 is 21.4 Å². The van der Waals surface area contributed by atoms with Crippen LogP contribution in [0.4, 0.5) is 14.6 Å². The lowest BCUT2D eigenvalue weighted by molar-refractivity contribution is -0.123. The quantitative estimate of drug-likeness (QED) is 0.464. The van der Waals surface area contributed by atoms with Crippen LogP contribution in [0.25, 0.3) is 0 Å². The zero-order chi connectivity index (χ0) is 22.5. The number of nitrogens with zero attached hydrogens (tertiary/aromatic N) is 1. The molecular weight excluding hydrogens is 404 g/mol. The smallest absolute Gasteiger partial charge is 0.268 e. The average molecular weight is 427 g/mol.